The molecule has 29 heavy (non-hydrogen) atoms. The molecule has 0 saturated carbocycles. The maximum atomic E-state index is 14.2. The summed E-state index contributed by atoms with van der Waals surface area (Å²) in [6, 6.07) is 33.9. The van der Waals surface area contributed by atoms with Gasteiger partial charge in [0, 0.05) is 24.0 Å². The van der Waals surface area contributed by atoms with Crippen LogP contribution in [-0.4, -0.2) is 10.9 Å². The lowest BCUT2D eigenvalue weighted by Crippen LogP contribution is -2.41. The molecule has 1 amide bonds. The van der Waals surface area contributed by atoms with E-state index >= 15 is 0 Å². The van der Waals surface area contributed by atoms with Gasteiger partial charge in [-0.05, 0) is 41.5 Å². The summed E-state index contributed by atoms with van der Waals surface area (Å²) in [5, 5.41) is 0. The van der Waals surface area contributed by atoms with Crippen molar-refractivity contribution in [2.24, 2.45) is 0 Å². The number of amides is 1. The second-order valence-corrected chi connectivity index (χ2v) is 7.26. The van der Waals surface area contributed by atoms with Gasteiger partial charge in [0.1, 0.15) is 5.41 Å². The number of hydrogen-bond donors (Lipinski definition) is 0. The molecule has 0 aliphatic carbocycles. The lowest BCUT2D eigenvalue weighted by molar-refractivity contribution is -0.121. The standard InChI is InChI=1S/C26H20N2O/c29-25-26(20-11-3-1-4-12-20,19-21-13-9-10-18-27-21)23-16-7-8-17-24(23)28(25)22-14-5-2-6-15-22/h1-18H,19H2. The quantitative estimate of drug-likeness (QED) is 0.485. The largest absolute Gasteiger partial charge is 0.280 e. The monoisotopic (exact) mass is 376 g/mol. The fourth-order valence-corrected chi connectivity index (χ4v) is 4.33. The summed E-state index contributed by atoms with van der Waals surface area (Å²) in [6.07, 6.45) is 2.30. The van der Waals surface area contributed by atoms with E-state index in [1.807, 2.05) is 102 Å². The van der Waals surface area contributed by atoms with Gasteiger partial charge in [-0.1, -0.05) is 72.8 Å². The summed E-state index contributed by atoms with van der Waals surface area (Å²) in [5.74, 6) is 0.0572. The Morgan fingerprint density at radius 3 is 2.10 bits per heavy atom. The van der Waals surface area contributed by atoms with Crippen LogP contribution in [0.25, 0.3) is 0 Å². The first-order valence-corrected chi connectivity index (χ1v) is 9.75. The topological polar surface area (TPSA) is 33.2 Å². The van der Waals surface area contributed by atoms with E-state index in [1.165, 1.54) is 0 Å². The van der Waals surface area contributed by atoms with Gasteiger partial charge >= 0.3 is 0 Å². The lowest BCUT2D eigenvalue weighted by atomic mass is 9.72. The van der Waals surface area contributed by atoms with Crippen LogP contribution in [0.2, 0.25) is 0 Å². The van der Waals surface area contributed by atoms with Crippen LogP contribution in [0, 0.1) is 0 Å². The van der Waals surface area contributed by atoms with Crippen molar-refractivity contribution in [3.63, 3.8) is 0 Å². The van der Waals surface area contributed by atoms with Gasteiger partial charge in [0.2, 0.25) is 5.91 Å². The first-order valence-electron chi connectivity index (χ1n) is 9.75. The third-order valence-electron chi connectivity index (χ3n) is 5.63. The van der Waals surface area contributed by atoms with Crippen molar-refractivity contribution in [2.45, 2.75) is 11.8 Å². The Hall–Kier alpha value is -3.72. The zero-order valence-corrected chi connectivity index (χ0v) is 15.9. The van der Waals surface area contributed by atoms with Crippen LogP contribution in [0.5, 0.6) is 0 Å². The van der Waals surface area contributed by atoms with E-state index in [-0.39, 0.29) is 5.91 Å². The highest BCUT2D eigenvalue weighted by molar-refractivity contribution is 6.15. The molecule has 5 rings (SSSR count). The number of para-hydroxylation sites is 2. The molecule has 0 radical (unpaired) electrons. The summed E-state index contributed by atoms with van der Waals surface area (Å²) in [4.78, 5) is 20.6. The van der Waals surface area contributed by atoms with E-state index in [4.69, 9.17) is 0 Å². The zero-order valence-electron chi connectivity index (χ0n) is 15.9. The Labute approximate surface area is 170 Å². The summed E-state index contributed by atoms with van der Waals surface area (Å²) >= 11 is 0. The van der Waals surface area contributed by atoms with Crippen molar-refractivity contribution in [3.8, 4) is 0 Å². The minimum Gasteiger partial charge on any atom is -0.280 e. The number of rotatable bonds is 4. The number of carbonyl (C=O) groups excluding carboxylic acids is 1. The smallest absolute Gasteiger partial charge is 0.247 e. The van der Waals surface area contributed by atoms with Gasteiger partial charge in [0.05, 0.1) is 5.69 Å². The average molecular weight is 376 g/mol. The van der Waals surface area contributed by atoms with Crippen molar-refractivity contribution < 1.29 is 4.79 Å². The molecule has 140 valence electrons. The maximum absolute atomic E-state index is 14.2. The molecule has 1 aliphatic rings. The summed E-state index contributed by atoms with van der Waals surface area (Å²) in [7, 11) is 0. The molecule has 1 aliphatic heterocycles. The van der Waals surface area contributed by atoms with Crippen LogP contribution in [0.3, 0.4) is 0 Å². The number of pyridine rings is 1. The highest BCUT2D eigenvalue weighted by Crippen LogP contribution is 2.50. The molecule has 1 atom stereocenters. The van der Waals surface area contributed by atoms with E-state index in [9.17, 15) is 4.79 Å². The highest BCUT2D eigenvalue weighted by Gasteiger charge is 2.52. The van der Waals surface area contributed by atoms with Crippen molar-refractivity contribution in [3.05, 3.63) is 126 Å². The van der Waals surface area contributed by atoms with Crippen LogP contribution < -0.4 is 4.90 Å². The Kier molecular flexibility index (Phi) is 4.21. The van der Waals surface area contributed by atoms with Crippen molar-refractivity contribution in [1.82, 2.24) is 4.98 Å². The molecule has 3 aromatic carbocycles. The van der Waals surface area contributed by atoms with E-state index in [0.717, 1.165) is 28.2 Å². The molecule has 0 saturated heterocycles. The van der Waals surface area contributed by atoms with Crippen LogP contribution >= 0.6 is 0 Å². The summed E-state index contributed by atoms with van der Waals surface area (Å²) < 4.78 is 0. The first kappa shape index (κ1) is 17.4. The van der Waals surface area contributed by atoms with Gasteiger partial charge in [0.25, 0.3) is 0 Å². The van der Waals surface area contributed by atoms with E-state index in [0.29, 0.717) is 6.42 Å². The molecule has 0 N–H and O–H groups in total. The molecule has 2 heterocycles. The molecule has 1 unspecified atom stereocenters. The Morgan fingerprint density at radius 1 is 0.724 bits per heavy atom. The van der Waals surface area contributed by atoms with Gasteiger partial charge in [-0.15, -0.1) is 0 Å². The molecule has 1 aromatic heterocycles. The van der Waals surface area contributed by atoms with Gasteiger partial charge in [-0.3, -0.25) is 14.7 Å². The average Bonchev–Trinajstić information content (AvgIpc) is 3.04. The molecule has 3 nitrogen and oxygen atoms in total. The highest BCUT2D eigenvalue weighted by atomic mass is 16.2. The molecule has 0 bridgehead atoms. The number of anilines is 2. The van der Waals surface area contributed by atoms with Crippen LogP contribution in [0.1, 0.15) is 16.8 Å². The fraction of sp³-hybridized carbons (Fsp3) is 0.0769. The van der Waals surface area contributed by atoms with E-state index < -0.39 is 5.41 Å². The third-order valence-corrected chi connectivity index (χ3v) is 5.63. The third kappa shape index (κ3) is 2.74. The predicted molar refractivity (Wildman–Crippen MR) is 115 cm³/mol. The Bertz CT molecular complexity index is 1140. The van der Waals surface area contributed by atoms with Crippen molar-refractivity contribution in [1.29, 1.82) is 0 Å². The minimum atomic E-state index is -0.817. The zero-order chi connectivity index (χ0) is 19.7. The number of nitrogens with zero attached hydrogens (tertiary/aromatic N) is 2. The summed E-state index contributed by atoms with van der Waals surface area (Å²) in [6.45, 7) is 0. The van der Waals surface area contributed by atoms with Crippen molar-refractivity contribution >= 4 is 17.3 Å². The van der Waals surface area contributed by atoms with E-state index in [2.05, 4.69) is 11.1 Å². The molecular formula is C26H20N2O. The van der Waals surface area contributed by atoms with Gasteiger partial charge in [-0.25, -0.2) is 0 Å². The molecule has 4 aromatic rings. The second kappa shape index (κ2) is 7.02. The predicted octanol–water partition coefficient (Wildman–Crippen LogP) is 5.29. The van der Waals surface area contributed by atoms with Gasteiger partial charge in [0.15, 0.2) is 0 Å². The summed E-state index contributed by atoms with van der Waals surface area (Å²) in [5.41, 5.74) is 3.90. The lowest BCUT2D eigenvalue weighted by Gasteiger charge is -2.29. The second-order valence-electron chi connectivity index (χ2n) is 7.26. The van der Waals surface area contributed by atoms with Gasteiger partial charge in [-0.2, -0.15) is 0 Å². The van der Waals surface area contributed by atoms with Crippen LogP contribution in [0.4, 0.5) is 11.4 Å². The number of hydrogen-bond acceptors (Lipinski definition) is 2. The molecular weight excluding hydrogens is 356 g/mol. The normalized spacial score (nSPS) is 17.9. The molecule has 0 spiro atoms. The van der Waals surface area contributed by atoms with Crippen molar-refractivity contribution in [2.75, 3.05) is 4.90 Å². The number of carbonyl (C=O) groups is 1. The number of aromatic nitrogens is 1. The SMILES string of the molecule is O=C1N(c2ccccc2)c2ccccc2C1(Cc1ccccn1)c1ccccc1. The number of benzene rings is 3. The first-order chi connectivity index (χ1) is 14.3. The van der Waals surface area contributed by atoms with Crippen LogP contribution in [-0.2, 0) is 16.6 Å². The Balaban J connectivity index is 1.77. The number of fused-ring (bicyclic) bond motifs is 1. The minimum absolute atomic E-state index is 0.0572. The molecule has 0 fully saturated rings. The maximum Gasteiger partial charge on any atom is 0.247 e. The Morgan fingerprint density at radius 2 is 1.38 bits per heavy atom. The van der Waals surface area contributed by atoms with Gasteiger partial charge < -0.3 is 0 Å². The van der Waals surface area contributed by atoms with E-state index in [1.54, 1.807) is 6.20 Å². The fourth-order valence-electron chi connectivity index (χ4n) is 4.33. The van der Waals surface area contributed by atoms with Crippen LogP contribution in [0.15, 0.2) is 109 Å². The molecule has 3 heteroatoms.